The predicted molar refractivity (Wildman–Crippen MR) is 116 cm³/mol. The van der Waals surface area contributed by atoms with E-state index in [0.717, 1.165) is 42.0 Å². The molecule has 31 heavy (non-hydrogen) atoms. The summed E-state index contributed by atoms with van der Waals surface area (Å²) in [6, 6.07) is 7.36. The summed E-state index contributed by atoms with van der Waals surface area (Å²) in [5.74, 6) is 2.75. The molecule has 2 aromatic carbocycles. The van der Waals surface area contributed by atoms with Crippen molar-refractivity contribution in [2.45, 2.75) is 19.9 Å². The zero-order valence-corrected chi connectivity index (χ0v) is 18.3. The largest absolute Gasteiger partial charge is 0.493 e. The van der Waals surface area contributed by atoms with Crippen LogP contribution in [0.1, 0.15) is 33.5 Å². The molecule has 2 heterocycles. The summed E-state index contributed by atoms with van der Waals surface area (Å²) in [6.45, 7) is 4.76. The van der Waals surface area contributed by atoms with Crippen LogP contribution < -0.4 is 18.9 Å². The SMILES string of the molecule is COCCCN1COc2c(cc3c(c2C)O/C(=C\c2ccc(OC)c(OC)c2)C3=O)C1. The highest BCUT2D eigenvalue weighted by Crippen LogP contribution is 2.43. The van der Waals surface area contributed by atoms with E-state index in [2.05, 4.69) is 4.90 Å². The minimum atomic E-state index is -0.132. The molecule has 0 spiro atoms. The van der Waals surface area contributed by atoms with E-state index in [1.807, 2.05) is 25.1 Å². The molecule has 0 amide bonds. The van der Waals surface area contributed by atoms with Gasteiger partial charge in [0, 0.05) is 37.9 Å². The topological polar surface area (TPSA) is 66.5 Å². The molecule has 7 heteroatoms. The van der Waals surface area contributed by atoms with E-state index in [1.165, 1.54) is 0 Å². The normalized spacial score (nSPS) is 16.5. The van der Waals surface area contributed by atoms with Crippen LogP contribution in [-0.4, -0.2) is 51.9 Å². The first-order valence-electron chi connectivity index (χ1n) is 10.2. The van der Waals surface area contributed by atoms with Crippen molar-refractivity contribution in [3.05, 3.63) is 52.3 Å². The van der Waals surface area contributed by atoms with Gasteiger partial charge in [0.15, 0.2) is 17.3 Å². The van der Waals surface area contributed by atoms with Gasteiger partial charge in [0.2, 0.25) is 5.78 Å². The second-order valence-corrected chi connectivity index (χ2v) is 7.59. The van der Waals surface area contributed by atoms with Crippen LogP contribution in [0.15, 0.2) is 30.0 Å². The highest BCUT2D eigenvalue weighted by atomic mass is 16.5. The third-order valence-corrected chi connectivity index (χ3v) is 5.53. The van der Waals surface area contributed by atoms with Crippen molar-refractivity contribution >= 4 is 11.9 Å². The Morgan fingerprint density at radius 1 is 1.10 bits per heavy atom. The molecule has 0 saturated heterocycles. The number of fused-ring (bicyclic) bond motifs is 2. The average molecular weight is 425 g/mol. The second-order valence-electron chi connectivity index (χ2n) is 7.59. The summed E-state index contributed by atoms with van der Waals surface area (Å²) in [5.41, 5.74) is 3.22. The second kappa shape index (κ2) is 8.99. The fourth-order valence-electron chi connectivity index (χ4n) is 3.97. The van der Waals surface area contributed by atoms with Crippen molar-refractivity contribution in [3.63, 3.8) is 0 Å². The van der Waals surface area contributed by atoms with Crippen LogP contribution >= 0.6 is 0 Å². The van der Waals surface area contributed by atoms with Crippen molar-refractivity contribution in [3.8, 4) is 23.0 Å². The molecule has 0 fully saturated rings. The molecule has 164 valence electrons. The van der Waals surface area contributed by atoms with Crippen LogP contribution in [0.25, 0.3) is 6.08 Å². The monoisotopic (exact) mass is 425 g/mol. The quantitative estimate of drug-likeness (QED) is 0.494. The Morgan fingerprint density at radius 2 is 1.90 bits per heavy atom. The predicted octanol–water partition coefficient (Wildman–Crippen LogP) is 3.82. The first-order valence-corrected chi connectivity index (χ1v) is 10.2. The Kier molecular flexibility index (Phi) is 6.15. The van der Waals surface area contributed by atoms with Gasteiger partial charge in [-0.15, -0.1) is 0 Å². The molecular weight excluding hydrogens is 398 g/mol. The maximum atomic E-state index is 13.1. The van der Waals surface area contributed by atoms with Crippen LogP contribution in [0.2, 0.25) is 0 Å². The van der Waals surface area contributed by atoms with Crippen molar-refractivity contribution in [1.82, 2.24) is 4.90 Å². The molecule has 0 aliphatic carbocycles. The zero-order chi connectivity index (χ0) is 22.0. The van der Waals surface area contributed by atoms with Gasteiger partial charge in [0.25, 0.3) is 0 Å². The van der Waals surface area contributed by atoms with E-state index in [1.54, 1.807) is 33.5 Å². The van der Waals surface area contributed by atoms with Gasteiger partial charge in [-0.3, -0.25) is 9.69 Å². The average Bonchev–Trinajstić information content (AvgIpc) is 3.09. The van der Waals surface area contributed by atoms with Gasteiger partial charge in [-0.2, -0.15) is 0 Å². The van der Waals surface area contributed by atoms with Gasteiger partial charge >= 0.3 is 0 Å². The van der Waals surface area contributed by atoms with E-state index >= 15 is 0 Å². The first-order chi connectivity index (χ1) is 15.0. The molecule has 2 aliphatic heterocycles. The summed E-state index contributed by atoms with van der Waals surface area (Å²) in [6.07, 6.45) is 2.65. The zero-order valence-electron chi connectivity index (χ0n) is 18.3. The molecule has 2 aromatic rings. The number of benzene rings is 2. The standard InChI is InChI=1S/C24H27NO6/c1-15-23-17(13-25(14-30-23)8-5-9-27-2)12-18-22(26)21(31-24(15)18)11-16-6-7-19(28-3)20(10-16)29-4/h6-7,10-12H,5,8-9,13-14H2,1-4H3/b21-11-. The smallest absolute Gasteiger partial charge is 0.231 e. The highest BCUT2D eigenvalue weighted by molar-refractivity contribution is 6.15. The first kappa shape index (κ1) is 21.2. The fourth-order valence-corrected chi connectivity index (χ4v) is 3.97. The summed E-state index contributed by atoms with van der Waals surface area (Å²) < 4.78 is 27.8. The van der Waals surface area contributed by atoms with Gasteiger partial charge in [-0.25, -0.2) is 0 Å². The van der Waals surface area contributed by atoms with Gasteiger partial charge in [0.05, 0.1) is 19.8 Å². The number of methoxy groups -OCH3 is 3. The molecule has 0 unspecified atom stereocenters. The Balaban J connectivity index is 1.60. The van der Waals surface area contributed by atoms with Crippen molar-refractivity contribution in [2.24, 2.45) is 0 Å². The van der Waals surface area contributed by atoms with Gasteiger partial charge in [0.1, 0.15) is 18.2 Å². The summed E-state index contributed by atoms with van der Waals surface area (Å²) in [7, 11) is 4.86. The molecule has 0 bridgehead atoms. The van der Waals surface area contributed by atoms with Crippen molar-refractivity contribution in [1.29, 1.82) is 0 Å². The number of Topliss-reactive ketones (excluding diaryl/α,β-unsaturated/α-hetero) is 1. The van der Waals surface area contributed by atoms with Crippen LogP contribution in [0.5, 0.6) is 23.0 Å². The van der Waals surface area contributed by atoms with Gasteiger partial charge in [-0.05, 0) is 43.2 Å². The number of allylic oxidation sites excluding steroid dienone is 1. The fraction of sp³-hybridized carbons (Fsp3) is 0.375. The number of ketones is 1. The minimum Gasteiger partial charge on any atom is -0.493 e. The Morgan fingerprint density at radius 3 is 2.65 bits per heavy atom. The molecule has 0 radical (unpaired) electrons. The molecule has 0 saturated carbocycles. The van der Waals surface area contributed by atoms with E-state index in [-0.39, 0.29) is 11.5 Å². The Bertz CT molecular complexity index is 1030. The van der Waals surface area contributed by atoms with Crippen LogP contribution in [-0.2, 0) is 11.3 Å². The Labute approximate surface area is 182 Å². The maximum Gasteiger partial charge on any atom is 0.231 e. The van der Waals surface area contributed by atoms with Gasteiger partial charge in [-0.1, -0.05) is 6.07 Å². The lowest BCUT2D eigenvalue weighted by atomic mass is 10.00. The molecule has 0 N–H and O–H groups in total. The van der Waals surface area contributed by atoms with Crippen LogP contribution in [0, 0.1) is 6.92 Å². The number of rotatable bonds is 7. The number of hydrogen-bond acceptors (Lipinski definition) is 7. The van der Waals surface area contributed by atoms with Crippen LogP contribution in [0.4, 0.5) is 0 Å². The molecule has 7 nitrogen and oxygen atoms in total. The van der Waals surface area contributed by atoms with Crippen molar-refractivity contribution < 1.29 is 28.5 Å². The van der Waals surface area contributed by atoms with Crippen LogP contribution in [0.3, 0.4) is 0 Å². The summed E-state index contributed by atoms with van der Waals surface area (Å²) in [4.78, 5) is 15.3. The van der Waals surface area contributed by atoms with E-state index in [9.17, 15) is 4.79 Å². The lowest BCUT2D eigenvalue weighted by Gasteiger charge is -2.30. The summed E-state index contributed by atoms with van der Waals surface area (Å²) >= 11 is 0. The third-order valence-electron chi connectivity index (χ3n) is 5.53. The molecule has 0 atom stereocenters. The lowest BCUT2D eigenvalue weighted by Crippen LogP contribution is -2.33. The van der Waals surface area contributed by atoms with Crippen molar-refractivity contribution in [2.75, 3.05) is 41.2 Å². The minimum absolute atomic E-state index is 0.132. The number of carbonyl (C=O) groups is 1. The Hall–Kier alpha value is -3.03. The third kappa shape index (κ3) is 4.11. The highest BCUT2D eigenvalue weighted by Gasteiger charge is 2.33. The molecule has 0 aromatic heterocycles. The lowest BCUT2D eigenvalue weighted by molar-refractivity contribution is 0.0826. The molecular formula is C24H27NO6. The molecule has 2 aliphatic rings. The van der Waals surface area contributed by atoms with Gasteiger partial charge < -0.3 is 23.7 Å². The molecule has 4 rings (SSSR count). The number of carbonyl (C=O) groups excluding carboxylic acids is 1. The van der Waals surface area contributed by atoms with E-state index < -0.39 is 0 Å². The number of hydrogen-bond donors (Lipinski definition) is 0. The van der Waals surface area contributed by atoms with E-state index in [0.29, 0.717) is 36.1 Å². The number of ether oxygens (including phenoxy) is 5. The number of nitrogens with zero attached hydrogens (tertiary/aromatic N) is 1. The summed E-state index contributed by atoms with van der Waals surface area (Å²) in [5, 5.41) is 0. The maximum absolute atomic E-state index is 13.1. The van der Waals surface area contributed by atoms with E-state index in [4.69, 9.17) is 23.7 Å².